The van der Waals surface area contributed by atoms with Crippen molar-refractivity contribution < 1.29 is 33.8 Å². The number of rotatable bonds is 7. The molecule has 0 bridgehead atoms. The van der Waals surface area contributed by atoms with E-state index in [1.807, 2.05) is 6.92 Å². The number of hydrogen-bond donors (Lipinski definition) is 3. The molecule has 0 spiro atoms. The van der Waals surface area contributed by atoms with Gasteiger partial charge in [0.05, 0.1) is 17.8 Å². The summed E-state index contributed by atoms with van der Waals surface area (Å²) in [6.45, 7) is 1.44. The molecule has 10 nitrogen and oxygen atoms in total. The topological polar surface area (TPSA) is 134 Å². The number of urea groups is 1. The van der Waals surface area contributed by atoms with E-state index < -0.39 is 30.4 Å². The molecule has 1 fully saturated rings. The third-order valence-corrected chi connectivity index (χ3v) is 6.26. The first-order chi connectivity index (χ1) is 18.6. The number of anilines is 2. The number of amides is 5. The van der Waals surface area contributed by atoms with Crippen LogP contribution in [0.2, 0.25) is 10.0 Å². The Kier molecular flexibility index (Phi) is 8.08. The molecule has 4 rings (SSSR count). The van der Waals surface area contributed by atoms with Crippen molar-refractivity contribution in [3.8, 4) is 17.2 Å². The molecule has 1 aliphatic heterocycles. The van der Waals surface area contributed by atoms with Crippen LogP contribution in [-0.4, -0.2) is 42.6 Å². The second-order valence-electron chi connectivity index (χ2n) is 8.31. The van der Waals surface area contributed by atoms with Gasteiger partial charge >= 0.3 is 6.03 Å². The minimum Gasteiger partial charge on any atom is -0.508 e. The maximum absolute atomic E-state index is 13.1. The third-order valence-electron chi connectivity index (χ3n) is 5.58. The van der Waals surface area contributed by atoms with E-state index in [1.165, 1.54) is 49.6 Å². The van der Waals surface area contributed by atoms with Gasteiger partial charge in [-0.05, 0) is 72.7 Å². The van der Waals surface area contributed by atoms with Crippen LogP contribution in [0.4, 0.5) is 16.2 Å². The summed E-state index contributed by atoms with van der Waals surface area (Å²) in [5.74, 6) is -2.10. The lowest BCUT2D eigenvalue weighted by molar-refractivity contribution is -0.122. The largest absolute Gasteiger partial charge is 0.508 e. The number of aryl methyl sites for hydroxylation is 1. The molecule has 200 valence electrons. The zero-order valence-corrected chi connectivity index (χ0v) is 22.1. The Morgan fingerprint density at radius 1 is 1.05 bits per heavy atom. The lowest BCUT2D eigenvalue weighted by Crippen LogP contribution is -2.54. The highest BCUT2D eigenvalue weighted by atomic mass is 35.5. The molecule has 0 aromatic heterocycles. The number of aromatic hydroxyl groups is 1. The molecule has 39 heavy (non-hydrogen) atoms. The molecule has 1 aliphatic rings. The molecule has 0 unspecified atom stereocenters. The van der Waals surface area contributed by atoms with Crippen LogP contribution in [0, 0.1) is 6.92 Å². The van der Waals surface area contributed by atoms with Crippen molar-refractivity contribution in [2.45, 2.75) is 6.92 Å². The molecule has 0 radical (unpaired) electrons. The summed E-state index contributed by atoms with van der Waals surface area (Å²) < 4.78 is 10.9. The Bertz CT molecular complexity index is 1520. The smallest absolute Gasteiger partial charge is 0.335 e. The lowest BCUT2D eigenvalue weighted by atomic mass is 10.1. The average molecular weight is 570 g/mol. The maximum Gasteiger partial charge on any atom is 0.335 e. The fraction of sp³-hybridized carbons (Fsp3) is 0.111. The molecule has 0 saturated carbocycles. The fourth-order valence-electron chi connectivity index (χ4n) is 3.63. The summed E-state index contributed by atoms with van der Waals surface area (Å²) >= 11 is 12.5. The Balaban J connectivity index is 1.54. The average Bonchev–Trinajstić information content (AvgIpc) is 2.88. The maximum atomic E-state index is 13.1. The molecule has 0 atom stereocenters. The third kappa shape index (κ3) is 6.14. The van der Waals surface area contributed by atoms with E-state index in [4.69, 9.17) is 32.7 Å². The van der Waals surface area contributed by atoms with Crippen molar-refractivity contribution in [1.82, 2.24) is 5.32 Å². The molecule has 3 N–H and O–H groups in total. The Hall–Kier alpha value is -4.54. The van der Waals surface area contributed by atoms with Gasteiger partial charge in [0, 0.05) is 10.7 Å². The van der Waals surface area contributed by atoms with Crippen LogP contribution in [0.15, 0.2) is 60.2 Å². The molecule has 0 aliphatic carbocycles. The van der Waals surface area contributed by atoms with Crippen molar-refractivity contribution in [2.75, 3.05) is 23.9 Å². The summed E-state index contributed by atoms with van der Waals surface area (Å²) in [5, 5.41) is 14.8. The normalized spacial score (nSPS) is 14.3. The number of methoxy groups -OCH3 is 1. The van der Waals surface area contributed by atoms with Crippen LogP contribution in [0.5, 0.6) is 17.2 Å². The number of ether oxygens (including phenoxy) is 2. The van der Waals surface area contributed by atoms with Crippen molar-refractivity contribution in [3.63, 3.8) is 0 Å². The van der Waals surface area contributed by atoms with E-state index in [-0.39, 0.29) is 33.5 Å². The van der Waals surface area contributed by atoms with Gasteiger partial charge in [0.2, 0.25) is 0 Å². The quantitative estimate of drug-likeness (QED) is 0.277. The Morgan fingerprint density at radius 3 is 2.44 bits per heavy atom. The van der Waals surface area contributed by atoms with Gasteiger partial charge in [-0.25, -0.2) is 9.69 Å². The van der Waals surface area contributed by atoms with Crippen LogP contribution in [0.25, 0.3) is 6.08 Å². The summed E-state index contributed by atoms with van der Waals surface area (Å²) in [5.41, 5.74) is 1.46. The predicted molar refractivity (Wildman–Crippen MR) is 145 cm³/mol. The lowest BCUT2D eigenvalue weighted by Gasteiger charge is -2.26. The van der Waals surface area contributed by atoms with E-state index in [0.717, 1.165) is 10.5 Å². The molecular formula is C27H21Cl2N3O7. The second kappa shape index (κ2) is 11.5. The Morgan fingerprint density at radius 2 is 1.77 bits per heavy atom. The summed E-state index contributed by atoms with van der Waals surface area (Å²) in [6, 6.07) is 12.3. The number of phenolic OH excluding ortho intramolecular Hbond substituents is 1. The van der Waals surface area contributed by atoms with Gasteiger partial charge in [0.25, 0.3) is 17.7 Å². The highest BCUT2D eigenvalue weighted by Gasteiger charge is 2.37. The van der Waals surface area contributed by atoms with E-state index in [0.29, 0.717) is 16.3 Å². The second-order valence-corrected chi connectivity index (χ2v) is 9.12. The van der Waals surface area contributed by atoms with Crippen molar-refractivity contribution in [1.29, 1.82) is 0 Å². The SMILES string of the molecule is COc1cc(/C=C2/C(=O)NC(=O)N(c3ccc(O)cc3)C2=O)cc(Cl)c1OCC(=O)Nc1ccc(C)c(Cl)c1. The monoisotopic (exact) mass is 569 g/mol. The molecule has 3 aromatic rings. The zero-order valence-electron chi connectivity index (χ0n) is 20.6. The number of imide groups is 2. The van der Waals surface area contributed by atoms with Gasteiger partial charge in [0.15, 0.2) is 18.1 Å². The highest BCUT2D eigenvalue weighted by molar-refractivity contribution is 6.39. The van der Waals surface area contributed by atoms with Gasteiger partial charge in [-0.1, -0.05) is 29.3 Å². The van der Waals surface area contributed by atoms with Gasteiger partial charge in [-0.3, -0.25) is 19.7 Å². The van der Waals surface area contributed by atoms with Crippen molar-refractivity contribution >= 4 is 64.4 Å². The number of nitrogens with one attached hydrogen (secondary N) is 2. The standard InChI is InChI=1S/C27H21Cl2N3O7/c1-14-3-4-16(12-20(14)28)30-23(34)13-39-24-21(29)10-15(11-22(24)38-2)9-19-25(35)31-27(37)32(26(19)36)17-5-7-18(33)8-6-17/h3-12,33H,13H2,1-2H3,(H,30,34)(H,31,35,37)/b19-9-. The molecule has 5 amide bonds. The van der Waals surface area contributed by atoms with Gasteiger partial charge < -0.3 is 19.9 Å². The van der Waals surface area contributed by atoms with Crippen molar-refractivity contribution in [3.05, 3.63) is 81.3 Å². The minimum absolute atomic E-state index is 0.0440. The number of hydrogen-bond acceptors (Lipinski definition) is 7. The number of carbonyl (C=O) groups excluding carboxylic acids is 4. The molecule has 1 saturated heterocycles. The first-order valence-corrected chi connectivity index (χ1v) is 12.1. The predicted octanol–water partition coefficient (Wildman–Crippen LogP) is 4.70. The fourth-order valence-corrected chi connectivity index (χ4v) is 4.08. The summed E-state index contributed by atoms with van der Waals surface area (Å²) in [4.78, 5) is 51.1. The minimum atomic E-state index is -0.932. The number of benzene rings is 3. The van der Waals surface area contributed by atoms with Gasteiger partial charge in [0.1, 0.15) is 11.3 Å². The highest BCUT2D eigenvalue weighted by Crippen LogP contribution is 2.37. The molecule has 12 heteroatoms. The molecular weight excluding hydrogens is 549 g/mol. The number of barbiturate groups is 1. The van der Waals surface area contributed by atoms with E-state index >= 15 is 0 Å². The van der Waals surface area contributed by atoms with Crippen LogP contribution < -0.4 is 25.0 Å². The van der Waals surface area contributed by atoms with E-state index in [1.54, 1.807) is 18.2 Å². The summed E-state index contributed by atoms with van der Waals surface area (Å²) in [6.07, 6.45) is 1.24. The first-order valence-electron chi connectivity index (χ1n) is 11.3. The number of nitrogens with zero attached hydrogens (tertiary/aromatic N) is 1. The van der Waals surface area contributed by atoms with E-state index in [2.05, 4.69) is 10.6 Å². The number of halogens is 2. The number of phenols is 1. The van der Waals surface area contributed by atoms with Gasteiger partial charge in [-0.2, -0.15) is 0 Å². The Labute approximate surface area is 232 Å². The molecule has 1 heterocycles. The van der Waals surface area contributed by atoms with Crippen LogP contribution in [0.3, 0.4) is 0 Å². The van der Waals surface area contributed by atoms with Crippen LogP contribution >= 0.6 is 23.2 Å². The van der Waals surface area contributed by atoms with Crippen molar-refractivity contribution in [2.24, 2.45) is 0 Å². The van der Waals surface area contributed by atoms with Crippen LogP contribution in [-0.2, 0) is 14.4 Å². The first kappa shape index (κ1) is 27.5. The molecule has 3 aromatic carbocycles. The van der Waals surface area contributed by atoms with E-state index in [9.17, 15) is 24.3 Å². The summed E-state index contributed by atoms with van der Waals surface area (Å²) in [7, 11) is 1.35. The van der Waals surface area contributed by atoms with Crippen LogP contribution in [0.1, 0.15) is 11.1 Å². The van der Waals surface area contributed by atoms with Gasteiger partial charge in [-0.15, -0.1) is 0 Å². The zero-order chi connectivity index (χ0) is 28.3. The number of carbonyl (C=O) groups is 4.